The average Bonchev–Trinajstić information content (AvgIpc) is 3.20. The Hall–Kier alpha value is -1.58. The molecule has 2 unspecified atom stereocenters. The van der Waals surface area contributed by atoms with Gasteiger partial charge in [-0.3, -0.25) is 4.79 Å². The SMILES string of the molecule is Cl.N[C@@H]1CCN(C(=O)C2CC2c2ccc3ccccc3c2)C1. The number of likely N-dealkylation sites (tertiary alicyclic amines) is 1. The summed E-state index contributed by atoms with van der Waals surface area (Å²) in [7, 11) is 0. The molecule has 2 fully saturated rings. The molecule has 3 atom stereocenters. The molecule has 0 radical (unpaired) electrons. The second kappa shape index (κ2) is 5.90. The first-order valence-electron chi connectivity index (χ1n) is 7.75. The van der Waals surface area contributed by atoms with Crippen LogP contribution in [0.25, 0.3) is 10.8 Å². The fraction of sp³-hybridized carbons (Fsp3) is 0.389. The van der Waals surface area contributed by atoms with Crippen molar-refractivity contribution in [2.24, 2.45) is 11.7 Å². The van der Waals surface area contributed by atoms with Crippen molar-refractivity contribution in [3.63, 3.8) is 0 Å². The van der Waals surface area contributed by atoms with Crippen LogP contribution in [0.1, 0.15) is 24.3 Å². The van der Waals surface area contributed by atoms with Crippen LogP contribution in [0.4, 0.5) is 0 Å². The van der Waals surface area contributed by atoms with Crippen molar-refractivity contribution in [1.29, 1.82) is 0 Å². The fourth-order valence-electron chi connectivity index (χ4n) is 3.50. The number of nitrogens with zero attached hydrogens (tertiary/aromatic N) is 1. The van der Waals surface area contributed by atoms with Gasteiger partial charge < -0.3 is 10.6 Å². The van der Waals surface area contributed by atoms with Crippen LogP contribution in [0.3, 0.4) is 0 Å². The standard InChI is InChI=1S/C18H20N2O.ClH/c19-15-7-8-20(11-15)18(21)17-10-16(17)14-6-5-12-3-1-2-4-13(12)9-14;/h1-6,9,15-17H,7-8,10-11,19H2;1H/t15-,16?,17?;/m1./s1. The summed E-state index contributed by atoms with van der Waals surface area (Å²) in [6.07, 6.45) is 1.93. The zero-order valence-corrected chi connectivity index (χ0v) is 13.3. The van der Waals surface area contributed by atoms with Gasteiger partial charge in [0.15, 0.2) is 0 Å². The van der Waals surface area contributed by atoms with Crippen molar-refractivity contribution in [1.82, 2.24) is 4.90 Å². The molecule has 1 aliphatic carbocycles. The minimum absolute atomic E-state index is 0. The molecule has 1 aliphatic heterocycles. The molecule has 3 nitrogen and oxygen atoms in total. The molecule has 1 saturated heterocycles. The molecule has 4 heteroatoms. The molecule has 1 amide bonds. The Morgan fingerprint density at radius 1 is 1.14 bits per heavy atom. The maximum absolute atomic E-state index is 12.5. The summed E-state index contributed by atoms with van der Waals surface area (Å²) >= 11 is 0. The van der Waals surface area contributed by atoms with E-state index >= 15 is 0 Å². The van der Waals surface area contributed by atoms with E-state index in [0.717, 1.165) is 25.9 Å². The maximum atomic E-state index is 12.5. The van der Waals surface area contributed by atoms with Crippen LogP contribution in [-0.4, -0.2) is 29.9 Å². The van der Waals surface area contributed by atoms with Crippen molar-refractivity contribution in [2.75, 3.05) is 13.1 Å². The lowest BCUT2D eigenvalue weighted by Crippen LogP contribution is -2.33. The number of hydrogen-bond acceptors (Lipinski definition) is 2. The zero-order chi connectivity index (χ0) is 14.4. The summed E-state index contributed by atoms with van der Waals surface area (Å²) in [5.74, 6) is 0.886. The lowest BCUT2D eigenvalue weighted by atomic mass is 10.0. The van der Waals surface area contributed by atoms with Gasteiger partial charge in [-0.15, -0.1) is 12.4 Å². The Morgan fingerprint density at radius 3 is 2.64 bits per heavy atom. The van der Waals surface area contributed by atoms with E-state index in [0.29, 0.717) is 11.8 Å². The number of nitrogens with two attached hydrogens (primary N) is 1. The molecule has 0 spiro atoms. The van der Waals surface area contributed by atoms with E-state index in [1.165, 1.54) is 16.3 Å². The van der Waals surface area contributed by atoms with Gasteiger partial charge in [-0.05, 0) is 35.1 Å². The minimum atomic E-state index is 0. The Bertz CT molecular complexity index is 702. The second-order valence-corrected chi connectivity index (χ2v) is 6.39. The van der Waals surface area contributed by atoms with Crippen LogP contribution < -0.4 is 5.73 Å². The van der Waals surface area contributed by atoms with Crippen molar-refractivity contribution < 1.29 is 4.79 Å². The predicted octanol–water partition coefficient (Wildman–Crippen LogP) is 2.92. The van der Waals surface area contributed by atoms with Gasteiger partial charge in [0.25, 0.3) is 0 Å². The van der Waals surface area contributed by atoms with Crippen LogP contribution in [-0.2, 0) is 4.79 Å². The van der Waals surface area contributed by atoms with Crippen molar-refractivity contribution >= 4 is 29.1 Å². The highest BCUT2D eigenvalue weighted by atomic mass is 35.5. The highest BCUT2D eigenvalue weighted by molar-refractivity contribution is 5.86. The van der Waals surface area contributed by atoms with Crippen molar-refractivity contribution in [2.45, 2.75) is 24.8 Å². The quantitative estimate of drug-likeness (QED) is 0.926. The van der Waals surface area contributed by atoms with Gasteiger partial charge in [-0.2, -0.15) is 0 Å². The molecule has 4 rings (SSSR count). The van der Waals surface area contributed by atoms with Gasteiger partial charge in [-0.25, -0.2) is 0 Å². The highest BCUT2D eigenvalue weighted by Crippen LogP contribution is 2.49. The van der Waals surface area contributed by atoms with Crippen LogP contribution >= 0.6 is 12.4 Å². The molecule has 22 heavy (non-hydrogen) atoms. The number of carbonyl (C=O) groups excluding carboxylic acids is 1. The van der Waals surface area contributed by atoms with Gasteiger partial charge in [0.05, 0.1) is 0 Å². The summed E-state index contributed by atoms with van der Waals surface area (Å²) in [6, 6.07) is 15.1. The summed E-state index contributed by atoms with van der Waals surface area (Å²) in [5, 5.41) is 2.52. The van der Waals surface area contributed by atoms with E-state index in [2.05, 4.69) is 42.5 Å². The Balaban J connectivity index is 0.00000144. The number of benzene rings is 2. The fourth-order valence-corrected chi connectivity index (χ4v) is 3.50. The molecule has 2 aliphatic rings. The first-order valence-corrected chi connectivity index (χ1v) is 7.75. The number of fused-ring (bicyclic) bond motifs is 1. The van der Waals surface area contributed by atoms with Gasteiger partial charge in [-0.1, -0.05) is 42.5 Å². The summed E-state index contributed by atoms with van der Waals surface area (Å²) in [5.41, 5.74) is 7.20. The number of rotatable bonds is 2. The first kappa shape index (κ1) is 15.3. The van der Waals surface area contributed by atoms with Gasteiger partial charge >= 0.3 is 0 Å². The zero-order valence-electron chi connectivity index (χ0n) is 12.4. The van der Waals surface area contributed by atoms with Crippen LogP contribution in [0.2, 0.25) is 0 Å². The van der Waals surface area contributed by atoms with Gasteiger partial charge in [0.1, 0.15) is 0 Å². The highest BCUT2D eigenvalue weighted by Gasteiger charge is 2.46. The molecule has 1 saturated carbocycles. The van der Waals surface area contributed by atoms with E-state index in [-0.39, 0.29) is 24.4 Å². The number of carbonyl (C=O) groups is 1. The van der Waals surface area contributed by atoms with E-state index < -0.39 is 0 Å². The van der Waals surface area contributed by atoms with Crippen LogP contribution in [0, 0.1) is 5.92 Å². The topological polar surface area (TPSA) is 46.3 Å². The third-order valence-corrected chi connectivity index (χ3v) is 4.85. The average molecular weight is 317 g/mol. The van der Waals surface area contributed by atoms with E-state index in [1.54, 1.807) is 0 Å². The van der Waals surface area contributed by atoms with E-state index in [4.69, 9.17) is 5.73 Å². The molecule has 2 aromatic rings. The Morgan fingerprint density at radius 2 is 1.91 bits per heavy atom. The molecule has 0 aromatic heterocycles. The normalized spacial score (nSPS) is 26.8. The minimum Gasteiger partial charge on any atom is -0.341 e. The molecule has 2 aromatic carbocycles. The third kappa shape index (κ3) is 2.71. The lowest BCUT2D eigenvalue weighted by Gasteiger charge is -2.15. The number of halogens is 1. The smallest absolute Gasteiger partial charge is 0.226 e. The Labute approximate surface area is 136 Å². The molecular formula is C18H21ClN2O. The third-order valence-electron chi connectivity index (χ3n) is 4.85. The van der Waals surface area contributed by atoms with Crippen LogP contribution in [0.15, 0.2) is 42.5 Å². The molecule has 0 bridgehead atoms. The van der Waals surface area contributed by atoms with Gasteiger partial charge in [0, 0.05) is 25.0 Å². The summed E-state index contributed by atoms with van der Waals surface area (Å²) in [4.78, 5) is 14.4. The summed E-state index contributed by atoms with van der Waals surface area (Å²) < 4.78 is 0. The van der Waals surface area contributed by atoms with E-state index in [9.17, 15) is 4.79 Å². The first-order chi connectivity index (χ1) is 10.2. The van der Waals surface area contributed by atoms with E-state index in [1.807, 2.05) is 4.90 Å². The number of amides is 1. The van der Waals surface area contributed by atoms with Crippen molar-refractivity contribution in [3.8, 4) is 0 Å². The Kier molecular flexibility index (Phi) is 4.11. The molecule has 116 valence electrons. The van der Waals surface area contributed by atoms with Gasteiger partial charge in [0.2, 0.25) is 5.91 Å². The molecular weight excluding hydrogens is 296 g/mol. The second-order valence-electron chi connectivity index (χ2n) is 6.39. The van der Waals surface area contributed by atoms with Crippen molar-refractivity contribution in [3.05, 3.63) is 48.0 Å². The predicted molar refractivity (Wildman–Crippen MR) is 91.2 cm³/mol. The largest absolute Gasteiger partial charge is 0.341 e. The lowest BCUT2D eigenvalue weighted by molar-refractivity contribution is -0.131. The molecule has 2 N–H and O–H groups in total. The monoisotopic (exact) mass is 316 g/mol. The maximum Gasteiger partial charge on any atom is 0.226 e. The van der Waals surface area contributed by atoms with Crippen LogP contribution in [0.5, 0.6) is 0 Å². The summed E-state index contributed by atoms with van der Waals surface area (Å²) in [6.45, 7) is 1.57. The molecule has 1 heterocycles. The number of hydrogen-bond donors (Lipinski definition) is 1.